The Kier molecular flexibility index (Phi) is 7.71. The number of hydrazine groups is 1. The molecule has 0 saturated heterocycles. The molecule has 0 saturated carbocycles. The van der Waals surface area contributed by atoms with Crippen LogP contribution >= 0.6 is 0 Å². The first-order chi connectivity index (χ1) is 17.5. The number of nitrogens with zero attached hydrogens (tertiary/aromatic N) is 4. The fourth-order valence-electron chi connectivity index (χ4n) is 3.10. The van der Waals surface area contributed by atoms with Gasteiger partial charge in [0.15, 0.2) is 0 Å². The number of carbonyl (C=O) groups excluding carboxylic acids is 2. The molecule has 4 rings (SSSR count). The first kappa shape index (κ1) is 24.2. The minimum atomic E-state index is -0.664. The minimum Gasteiger partial charge on any atom is -0.489 e. The number of hydrogen-bond donors (Lipinski definition) is 3. The van der Waals surface area contributed by atoms with Crippen molar-refractivity contribution in [2.24, 2.45) is 10.2 Å². The monoisotopic (exact) mass is 487 g/mol. The van der Waals surface area contributed by atoms with E-state index in [1.165, 1.54) is 0 Å². The standard InChI is InChI=1S/C25H25N7O4/c1-17-15-32(25(34)30-27-17)31-24(33)29-28-18(2)20-8-13-23(26-14-20)36-22-11-9-21(10-12-22)35-16-19-6-4-3-5-7-19/h3-14H,15-16H2,1-2H3,(H,30,34)(H2,29,31,33)/b28-18+. The van der Waals surface area contributed by atoms with Gasteiger partial charge in [-0.15, -0.1) is 0 Å². The van der Waals surface area contributed by atoms with Crippen molar-refractivity contribution < 1.29 is 19.1 Å². The molecular weight excluding hydrogens is 462 g/mol. The first-order valence-corrected chi connectivity index (χ1v) is 11.1. The van der Waals surface area contributed by atoms with Crippen LogP contribution in [0.1, 0.15) is 25.0 Å². The van der Waals surface area contributed by atoms with E-state index in [9.17, 15) is 9.59 Å². The number of hydrazone groups is 2. The molecule has 1 aliphatic rings. The van der Waals surface area contributed by atoms with E-state index in [1.807, 2.05) is 42.5 Å². The summed E-state index contributed by atoms with van der Waals surface area (Å²) < 4.78 is 11.6. The van der Waals surface area contributed by atoms with Crippen molar-refractivity contribution in [1.82, 2.24) is 26.3 Å². The summed E-state index contributed by atoms with van der Waals surface area (Å²) in [7, 11) is 0. The van der Waals surface area contributed by atoms with Gasteiger partial charge in [-0.05, 0) is 49.7 Å². The van der Waals surface area contributed by atoms with E-state index in [-0.39, 0.29) is 6.54 Å². The zero-order chi connectivity index (χ0) is 25.3. The molecule has 11 heteroatoms. The Morgan fingerprint density at radius 3 is 2.56 bits per heavy atom. The quantitative estimate of drug-likeness (QED) is 0.329. The average Bonchev–Trinajstić information content (AvgIpc) is 2.90. The largest absolute Gasteiger partial charge is 0.489 e. The number of amides is 4. The van der Waals surface area contributed by atoms with Gasteiger partial charge in [0.05, 0.1) is 18.0 Å². The van der Waals surface area contributed by atoms with Gasteiger partial charge in [-0.3, -0.25) is 0 Å². The number of nitrogens with one attached hydrogen (secondary N) is 3. The van der Waals surface area contributed by atoms with Crippen LogP contribution in [0.4, 0.5) is 9.59 Å². The van der Waals surface area contributed by atoms with Crippen LogP contribution in [0, 0.1) is 0 Å². The third-order valence-electron chi connectivity index (χ3n) is 4.98. The normalized spacial score (nSPS) is 13.4. The number of benzene rings is 2. The summed E-state index contributed by atoms with van der Waals surface area (Å²) in [6.45, 7) is 4.11. The Labute approximate surface area is 207 Å². The lowest BCUT2D eigenvalue weighted by atomic mass is 10.2. The number of pyridine rings is 1. The van der Waals surface area contributed by atoms with Gasteiger partial charge in [0.2, 0.25) is 5.88 Å². The van der Waals surface area contributed by atoms with E-state index in [4.69, 9.17) is 9.47 Å². The second-order valence-corrected chi connectivity index (χ2v) is 7.83. The zero-order valence-electron chi connectivity index (χ0n) is 19.8. The van der Waals surface area contributed by atoms with Crippen LogP contribution in [0.25, 0.3) is 0 Å². The van der Waals surface area contributed by atoms with E-state index < -0.39 is 12.1 Å². The van der Waals surface area contributed by atoms with Gasteiger partial charge in [0.25, 0.3) is 0 Å². The van der Waals surface area contributed by atoms with Gasteiger partial charge in [0, 0.05) is 17.8 Å². The lowest BCUT2D eigenvalue weighted by Gasteiger charge is -2.25. The molecule has 2 heterocycles. The molecule has 0 spiro atoms. The maximum absolute atomic E-state index is 12.1. The van der Waals surface area contributed by atoms with Crippen molar-refractivity contribution in [2.75, 3.05) is 6.54 Å². The lowest BCUT2D eigenvalue weighted by Crippen LogP contribution is -2.56. The molecule has 1 aromatic heterocycles. The van der Waals surface area contributed by atoms with Crippen LogP contribution < -0.4 is 25.8 Å². The number of rotatable bonds is 8. The second-order valence-electron chi connectivity index (χ2n) is 7.83. The van der Waals surface area contributed by atoms with Crippen molar-refractivity contribution in [3.05, 3.63) is 84.1 Å². The Morgan fingerprint density at radius 1 is 1.08 bits per heavy atom. The fraction of sp³-hybridized carbons (Fsp3) is 0.160. The summed E-state index contributed by atoms with van der Waals surface area (Å²) in [6, 6.07) is 19.5. The molecule has 3 aromatic rings. The molecule has 0 atom stereocenters. The molecule has 11 nitrogen and oxygen atoms in total. The van der Waals surface area contributed by atoms with E-state index >= 15 is 0 Å². The van der Waals surface area contributed by atoms with Crippen LogP contribution in [0.2, 0.25) is 0 Å². The van der Waals surface area contributed by atoms with Crippen LogP contribution in [-0.4, -0.2) is 40.0 Å². The van der Waals surface area contributed by atoms with Crippen molar-refractivity contribution >= 4 is 23.5 Å². The number of urea groups is 2. The topological polar surface area (TPSA) is 130 Å². The second kappa shape index (κ2) is 11.5. The van der Waals surface area contributed by atoms with E-state index in [0.29, 0.717) is 35.2 Å². The Bertz CT molecular complexity index is 1260. The number of aromatic nitrogens is 1. The van der Waals surface area contributed by atoms with Gasteiger partial charge in [-0.2, -0.15) is 10.2 Å². The van der Waals surface area contributed by atoms with E-state index in [1.54, 1.807) is 44.3 Å². The Hall–Kier alpha value is -4.93. The molecule has 0 aliphatic carbocycles. The SMILES string of the molecule is CC1=NNC(=O)N(NC(=O)N/N=C(\C)c2ccc(Oc3ccc(OCc4ccccc4)cc3)nc2)C1. The third kappa shape index (κ3) is 6.79. The predicted octanol–water partition coefficient (Wildman–Crippen LogP) is 3.79. The molecule has 0 fully saturated rings. The van der Waals surface area contributed by atoms with Gasteiger partial charge in [0.1, 0.15) is 18.1 Å². The summed E-state index contributed by atoms with van der Waals surface area (Å²) in [6.07, 6.45) is 1.59. The molecule has 36 heavy (non-hydrogen) atoms. The predicted molar refractivity (Wildman–Crippen MR) is 134 cm³/mol. The highest BCUT2D eigenvalue weighted by atomic mass is 16.5. The molecule has 1 aliphatic heterocycles. The van der Waals surface area contributed by atoms with Crippen LogP contribution in [0.5, 0.6) is 17.4 Å². The summed E-state index contributed by atoms with van der Waals surface area (Å²) in [5.74, 6) is 1.76. The Morgan fingerprint density at radius 2 is 1.83 bits per heavy atom. The van der Waals surface area contributed by atoms with Gasteiger partial charge < -0.3 is 9.47 Å². The van der Waals surface area contributed by atoms with E-state index in [2.05, 4.69) is 31.5 Å². The number of carbonyl (C=O) groups is 2. The number of ether oxygens (including phenoxy) is 2. The summed E-state index contributed by atoms with van der Waals surface area (Å²) in [5, 5.41) is 8.92. The van der Waals surface area contributed by atoms with Crippen LogP contribution in [-0.2, 0) is 6.61 Å². The fourth-order valence-corrected chi connectivity index (χ4v) is 3.10. The van der Waals surface area contributed by atoms with Gasteiger partial charge in [-0.1, -0.05) is 30.3 Å². The van der Waals surface area contributed by atoms with E-state index in [0.717, 1.165) is 16.3 Å². The maximum atomic E-state index is 12.1. The summed E-state index contributed by atoms with van der Waals surface area (Å²) >= 11 is 0. The van der Waals surface area contributed by atoms with Gasteiger partial charge >= 0.3 is 12.1 Å². The molecule has 0 radical (unpaired) electrons. The zero-order valence-corrected chi connectivity index (χ0v) is 19.8. The molecular formula is C25H25N7O4. The Balaban J connectivity index is 1.26. The van der Waals surface area contributed by atoms with Gasteiger partial charge in [-0.25, -0.2) is 35.9 Å². The van der Waals surface area contributed by atoms with Crippen molar-refractivity contribution in [1.29, 1.82) is 0 Å². The number of hydrogen-bond acceptors (Lipinski definition) is 7. The highest BCUT2D eigenvalue weighted by Crippen LogP contribution is 2.23. The van der Waals surface area contributed by atoms with Crippen LogP contribution in [0.15, 0.2) is 83.1 Å². The maximum Gasteiger partial charge on any atom is 0.356 e. The molecule has 0 bridgehead atoms. The lowest BCUT2D eigenvalue weighted by molar-refractivity contribution is 0.173. The smallest absolute Gasteiger partial charge is 0.356 e. The van der Waals surface area contributed by atoms with Crippen molar-refractivity contribution in [3.8, 4) is 17.4 Å². The molecule has 2 aromatic carbocycles. The first-order valence-electron chi connectivity index (χ1n) is 11.1. The van der Waals surface area contributed by atoms with Crippen LogP contribution in [0.3, 0.4) is 0 Å². The molecule has 184 valence electrons. The third-order valence-corrected chi connectivity index (χ3v) is 4.98. The molecule has 4 amide bonds. The minimum absolute atomic E-state index is 0.177. The summed E-state index contributed by atoms with van der Waals surface area (Å²) in [5.41, 5.74) is 9.98. The summed E-state index contributed by atoms with van der Waals surface area (Å²) in [4.78, 5) is 28.1. The van der Waals surface area contributed by atoms with Crippen molar-refractivity contribution in [2.45, 2.75) is 20.5 Å². The average molecular weight is 488 g/mol. The molecule has 3 N–H and O–H groups in total. The van der Waals surface area contributed by atoms with Crippen molar-refractivity contribution in [3.63, 3.8) is 0 Å². The molecule has 0 unspecified atom stereocenters. The highest BCUT2D eigenvalue weighted by molar-refractivity contribution is 5.99. The highest BCUT2D eigenvalue weighted by Gasteiger charge is 2.20.